The molecule has 2 aromatic rings. The van der Waals surface area contributed by atoms with Gasteiger partial charge in [0, 0.05) is 10.6 Å². The molecule has 0 bridgehead atoms. The van der Waals surface area contributed by atoms with Gasteiger partial charge in [0.15, 0.2) is 11.9 Å². The van der Waals surface area contributed by atoms with Crippen LogP contribution in [0.25, 0.3) is 11.4 Å². The SMILES string of the molecule is N#CCn1nc(-c2ccc(Cl)cc2)n(C[C@H](O)C(F)(F)F)c1=O. The molecule has 1 heterocycles. The van der Waals surface area contributed by atoms with Crippen LogP contribution in [0.5, 0.6) is 0 Å². The smallest absolute Gasteiger partial charge is 0.382 e. The van der Waals surface area contributed by atoms with Gasteiger partial charge in [-0.25, -0.2) is 4.79 Å². The molecule has 10 heteroatoms. The van der Waals surface area contributed by atoms with Gasteiger partial charge in [0.1, 0.15) is 6.54 Å². The zero-order valence-electron chi connectivity index (χ0n) is 11.5. The highest BCUT2D eigenvalue weighted by Crippen LogP contribution is 2.23. The molecule has 0 unspecified atom stereocenters. The van der Waals surface area contributed by atoms with Crippen molar-refractivity contribution in [2.24, 2.45) is 0 Å². The number of hydrogen-bond acceptors (Lipinski definition) is 4. The third kappa shape index (κ3) is 3.72. The van der Waals surface area contributed by atoms with Crippen molar-refractivity contribution >= 4 is 11.6 Å². The normalized spacial score (nSPS) is 12.9. The summed E-state index contributed by atoms with van der Waals surface area (Å²) in [5, 5.41) is 22.1. The molecular weight excluding hydrogens is 337 g/mol. The Morgan fingerprint density at radius 2 is 1.96 bits per heavy atom. The quantitative estimate of drug-likeness (QED) is 0.915. The molecule has 0 aliphatic carbocycles. The first kappa shape index (κ1) is 17.1. The molecular formula is C13H10ClF3N4O2. The number of alkyl halides is 3. The van der Waals surface area contributed by atoms with Gasteiger partial charge < -0.3 is 5.11 Å². The molecule has 0 saturated carbocycles. The van der Waals surface area contributed by atoms with Crippen molar-refractivity contribution < 1.29 is 18.3 Å². The van der Waals surface area contributed by atoms with E-state index in [0.717, 1.165) is 4.68 Å². The second-order valence-corrected chi connectivity index (χ2v) is 5.03. The topological polar surface area (TPSA) is 83.8 Å². The van der Waals surface area contributed by atoms with Crippen LogP contribution in [0, 0.1) is 11.3 Å². The van der Waals surface area contributed by atoms with Gasteiger partial charge in [-0.05, 0) is 24.3 Å². The van der Waals surface area contributed by atoms with Gasteiger partial charge >= 0.3 is 11.9 Å². The van der Waals surface area contributed by atoms with E-state index < -0.39 is 31.1 Å². The number of benzene rings is 1. The van der Waals surface area contributed by atoms with Crippen LogP contribution in [-0.2, 0) is 13.1 Å². The zero-order chi connectivity index (χ0) is 17.2. The first-order valence-corrected chi connectivity index (χ1v) is 6.67. The van der Waals surface area contributed by atoms with E-state index in [1.165, 1.54) is 24.3 Å². The van der Waals surface area contributed by atoms with Crippen LogP contribution in [-0.4, -0.2) is 31.7 Å². The van der Waals surface area contributed by atoms with Gasteiger partial charge in [-0.1, -0.05) is 11.6 Å². The fourth-order valence-corrected chi connectivity index (χ4v) is 1.99. The van der Waals surface area contributed by atoms with Crippen LogP contribution in [0.2, 0.25) is 5.02 Å². The number of aliphatic hydroxyl groups excluding tert-OH is 1. The van der Waals surface area contributed by atoms with Gasteiger partial charge in [0.25, 0.3) is 0 Å². The molecule has 6 nitrogen and oxygen atoms in total. The summed E-state index contributed by atoms with van der Waals surface area (Å²) in [7, 11) is 0. The van der Waals surface area contributed by atoms with E-state index in [9.17, 15) is 23.1 Å². The fourth-order valence-electron chi connectivity index (χ4n) is 1.86. The predicted molar refractivity (Wildman–Crippen MR) is 74.6 cm³/mol. The first-order chi connectivity index (χ1) is 10.7. The number of nitrogens with zero attached hydrogens (tertiary/aromatic N) is 4. The number of rotatable bonds is 4. The van der Waals surface area contributed by atoms with E-state index >= 15 is 0 Å². The summed E-state index contributed by atoms with van der Waals surface area (Å²) in [5.41, 5.74) is -0.586. The van der Waals surface area contributed by atoms with Crippen LogP contribution >= 0.6 is 11.6 Å². The lowest BCUT2D eigenvalue weighted by molar-refractivity contribution is -0.207. The van der Waals surface area contributed by atoms with Gasteiger partial charge in [0.2, 0.25) is 0 Å². The monoisotopic (exact) mass is 346 g/mol. The second kappa shape index (κ2) is 6.44. The van der Waals surface area contributed by atoms with Crippen LogP contribution in [0.4, 0.5) is 13.2 Å². The number of hydrogen-bond donors (Lipinski definition) is 1. The van der Waals surface area contributed by atoms with Crippen molar-refractivity contribution in [3.8, 4) is 17.5 Å². The maximum absolute atomic E-state index is 12.5. The Hall–Kier alpha value is -2.31. The summed E-state index contributed by atoms with van der Waals surface area (Å²) < 4.78 is 39.0. The van der Waals surface area contributed by atoms with E-state index in [0.29, 0.717) is 15.2 Å². The lowest BCUT2D eigenvalue weighted by atomic mass is 10.2. The standard InChI is InChI=1S/C13H10ClF3N4O2/c14-9-3-1-8(2-4-9)11-19-21(6-5-18)12(23)20(11)7-10(22)13(15,16)17/h1-4,10,22H,6-7H2/t10-/m0/s1. The minimum Gasteiger partial charge on any atom is -0.382 e. The van der Waals surface area contributed by atoms with Crippen LogP contribution in [0.15, 0.2) is 29.1 Å². The van der Waals surface area contributed by atoms with Crippen molar-refractivity contribution in [2.45, 2.75) is 25.4 Å². The molecule has 23 heavy (non-hydrogen) atoms. The number of aromatic nitrogens is 3. The van der Waals surface area contributed by atoms with Crippen molar-refractivity contribution in [3.63, 3.8) is 0 Å². The summed E-state index contributed by atoms with van der Waals surface area (Å²) in [6.45, 7) is -1.44. The Kier molecular flexibility index (Phi) is 4.77. The Labute approximate surface area is 132 Å². The average molecular weight is 347 g/mol. The molecule has 122 valence electrons. The highest BCUT2D eigenvalue weighted by molar-refractivity contribution is 6.30. The minimum atomic E-state index is -4.88. The number of halogens is 4. The van der Waals surface area contributed by atoms with Crippen LogP contribution in [0.3, 0.4) is 0 Å². The first-order valence-electron chi connectivity index (χ1n) is 6.29. The predicted octanol–water partition coefficient (Wildman–Crippen LogP) is 1.81. The highest BCUT2D eigenvalue weighted by atomic mass is 35.5. The third-order valence-corrected chi connectivity index (χ3v) is 3.23. The van der Waals surface area contributed by atoms with Crippen molar-refractivity contribution in [3.05, 3.63) is 39.8 Å². The number of aliphatic hydroxyl groups is 1. The molecule has 1 aromatic carbocycles. The lowest BCUT2D eigenvalue weighted by Crippen LogP contribution is -2.37. The molecule has 0 saturated heterocycles. The van der Waals surface area contributed by atoms with Gasteiger partial charge in [-0.15, -0.1) is 5.10 Å². The van der Waals surface area contributed by atoms with E-state index in [-0.39, 0.29) is 5.82 Å². The van der Waals surface area contributed by atoms with Crippen LogP contribution in [0.1, 0.15) is 0 Å². The molecule has 2 rings (SSSR count). The fraction of sp³-hybridized carbons (Fsp3) is 0.308. The minimum absolute atomic E-state index is 0.0924. The molecule has 0 radical (unpaired) electrons. The Morgan fingerprint density at radius 3 is 2.48 bits per heavy atom. The summed E-state index contributed by atoms with van der Waals surface area (Å²) in [4.78, 5) is 12.1. The van der Waals surface area contributed by atoms with E-state index in [2.05, 4.69) is 5.10 Å². The second-order valence-electron chi connectivity index (χ2n) is 4.60. The molecule has 1 aromatic heterocycles. The van der Waals surface area contributed by atoms with Gasteiger partial charge in [0.05, 0.1) is 12.6 Å². The van der Waals surface area contributed by atoms with Crippen LogP contribution < -0.4 is 5.69 Å². The maximum atomic E-state index is 12.5. The zero-order valence-corrected chi connectivity index (χ0v) is 12.2. The molecule has 0 amide bonds. The van der Waals surface area contributed by atoms with Crippen molar-refractivity contribution in [2.75, 3.05) is 0 Å². The Balaban J connectivity index is 2.52. The summed E-state index contributed by atoms with van der Waals surface area (Å²) in [5.74, 6) is -0.0924. The summed E-state index contributed by atoms with van der Waals surface area (Å²) >= 11 is 5.74. The maximum Gasteiger partial charge on any atom is 0.416 e. The Bertz CT molecular complexity index is 790. The summed E-state index contributed by atoms with van der Waals surface area (Å²) in [6.07, 6.45) is -7.61. The molecule has 0 aliphatic rings. The molecule has 0 spiro atoms. The van der Waals surface area contributed by atoms with E-state index in [1.54, 1.807) is 6.07 Å². The highest BCUT2D eigenvalue weighted by Gasteiger charge is 2.39. The largest absolute Gasteiger partial charge is 0.416 e. The number of nitriles is 1. The van der Waals surface area contributed by atoms with Crippen molar-refractivity contribution in [1.29, 1.82) is 5.26 Å². The van der Waals surface area contributed by atoms with Gasteiger partial charge in [-0.3, -0.25) is 4.57 Å². The Morgan fingerprint density at radius 1 is 1.35 bits per heavy atom. The van der Waals surface area contributed by atoms with E-state index in [4.69, 9.17) is 16.9 Å². The van der Waals surface area contributed by atoms with E-state index in [1.807, 2.05) is 0 Å². The van der Waals surface area contributed by atoms with Crippen molar-refractivity contribution in [1.82, 2.24) is 14.3 Å². The molecule has 0 aliphatic heterocycles. The molecule has 1 N–H and O–H groups in total. The third-order valence-electron chi connectivity index (χ3n) is 2.98. The average Bonchev–Trinajstić information content (AvgIpc) is 2.77. The molecule has 0 fully saturated rings. The lowest BCUT2D eigenvalue weighted by Gasteiger charge is -2.15. The molecule has 1 atom stereocenters. The van der Waals surface area contributed by atoms with Gasteiger partial charge in [-0.2, -0.15) is 23.1 Å². The summed E-state index contributed by atoms with van der Waals surface area (Å²) in [6, 6.07) is 7.59.